The van der Waals surface area contributed by atoms with Crippen molar-refractivity contribution in [2.45, 2.75) is 51.0 Å². The number of aryl methyl sites for hydroxylation is 4. The maximum Gasteiger partial charge on any atom is 0.243 e. The summed E-state index contributed by atoms with van der Waals surface area (Å²) in [7, 11) is -1.65. The Morgan fingerprint density at radius 2 is 1.78 bits per heavy atom. The number of amides is 1. The number of carbonyl (C=O) groups excluding carboxylic acids is 1. The van der Waals surface area contributed by atoms with Crippen molar-refractivity contribution < 1.29 is 17.7 Å². The molecule has 0 saturated carbocycles. The summed E-state index contributed by atoms with van der Waals surface area (Å²) in [4.78, 5) is 16.8. The fourth-order valence-electron chi connectivity index (χ4n) is 4.58. The van der Waals surface area contributed by atoms with Crippen molar-refractivity contribution in [2.75, 3.05) is 39.8 Å². The van der Waals surface area contributed by atoms with Crippen LogP contribution in [-0.2, 0) is 34.2 Å². The van der Waals surface area contributed by atoms with Crippen LogP contribution in [0.15, 0.2) is 27.6 Å². The molecule has 174 valence electrons. The molecule has 1 aromatic heterocycles. The van der Waals surface area contributed by atoms with Gasteiger partial charge in [0.15, 0.2) is 0 Å². The summed E-state index contributed by atoms with van der Waals surface area (Å²) in [6.07, 6.45) is 4.26. The van der Waals surface area contributed by atoms with Gasteiger partial charge in [-0.15, -0.1) is 0 Å². The van der Waals surface area contributed by atoms with Crippen LogP contribution in [-0.4, -0.2) is 73.4 Å². The molecule has 1 saturated heterocycles. The molecule has 0 unspecified atom stereocenters. The van der Waals surface area contributed by atoms with E-state index in [9.17, 15) is 13.2 Å². The van der Waals surface area contributed by atoms with Crippen LogP contribution in [0.25, 0.3) is 0 Å². The Morgan fingerprint density at radius 3 is 2.44 bits per heavy atom. The average molecular weight is 461 g/mol. The fraction of sp³-hybridized carbons (Fsp3) is 0.565. The first-order valence-electron chi connectivity index (χ1n) is 11.3. The second-order valence-corrected chi connectivity index (χ2v) is 10.8. The van der Waals surface area contributed by atoms with Gasteiger partial charge in [-0.05, 0) is 69.8 Å². The third-order valence-corrected chi connectivity index (χ3v) is 8.46. The smallest absolute Gasteiger partial charge is 0.243 e. The number of sulfonamides is 1. The molecule has 4 rings (SSSR count). The molecule has 32 heavy (non-hydrogen) atoms. The highest BCUT2D eigenvalue weighted by Gasteiger charge is 2.31. The van der Waals surface area contributed by atoms with Crippen molar-refractivity contribution >= 4 is 15.9 Å². The van der Waals surface area contributed by atoms with E-state index in [0.717, 1.165) is 41.8 Å². The molecule has 1 aromatic carbocycles. The molecular formula is C23H32N4O4S. The van der Waals surface area contributed by atoms with Crippen molar-refractivity contribution in [1.29, 1.82) is 0 Å². The molecule has 2 heterocycles. The van der Waals surface area contributed by atoms with Gasteiger partial charge in [0, 0.05) is 38.3 Å². The molecule has 0 atom stereocenters. The summed E-state index contributed by atoms with van der Waals surface area (Å²) in [6.45, 7) is 6.06. The Hall–Kier alpha value is -2.23. The van der Waals surface area contributed by atoms with Gasteiger partial charge in [0.05, 0.1) is 17.1 Å². The van der Waals surface area contributed by atoms with Crippen LogP contribution < -0.4 is 0 Å². The van der Waals surface area contributed by atoms with E-state index < -0.39 is 10.0 Å². The zero-order chi connectivity index (χ0) is 22.9. The van der Waals surface area contributed by atoms with Gasteiger partial charge in [0.2, 0.25) is 15.9 Å². The van der Waals surface area contributed by atoms with E-state index in [2.05, 4.69) is 5.16 Å². The zero-order valence-corrected chi connectivity index (χ0v) is 19.9. The minimum absolute atomic E-state index is 0.00471. The second kappa shape index (κ2) is 9.33. The number of fused-ring (bicyclic) bond motifs is 1. The fourth-order valence-corrected chi connectivity index (χ4v) is 6.05. The van der Waals surface area contributed by atoms with E-state index in [0.29, 0.717) is 37.6 Å². The number of benzene rings is 1. The number of nitrogens with zero attached hydrogens (tertiary/aromatic N) is 4. The molecule has 2 aliphatic rings. The average Bonchev–Trinajstić information content (AvgIpc) is 3.10. The number of hydrogen-bond acceptors (Lipinski definition) is 6. The molecule has 0 N–H and O–H groups in total. The number of rotatable bonds is 6. The van der Waals surface area contributed by atoms with Gasteiger partial charge in [-0.1, -0.05) is 11.2 Å². The summed E-state index contributed by atoms with van der Waals surface area (Å²) in [5.41, 5.74) is 4.27. The Bertz CT molecular complexity index is 1070. The zero-order valence-electron chi connectivity index (χ0n) is 19.1. The molecule has 0 spiro atoms. The lowest BCUT2D eigenvalue weighted by molar-refractivity contribution is -0.133. The number of piperazine rings is 1. The van der Waals surface area contributed by atoms with Gasteiger partial charge < -0.3 is 9.42 Å². The molecular weight excluding hydrogens is 428 g/mol. The van der Waals surface area contributed by atoms with E-state index in [4.69, 9.17) is 4.52 Å². The van der Waals surface area contributed by atoms with Crippen LogP contribution >= 0.6 is 0 Å². The summed E-state index contributed by atoms with van der Waals surface area (Å²) in [5, 5.41) is 3.96. The number of aromatic nitrogens is 1. The maximum absolute atomic E-state index is 13.2. The van der Waals surface area contributed by atoms with Crippen LogP contribution in [0, 0.1) is 13.8 Å². The summed E-state index contributed by atoms with van der Waals surface area (Å²) in [6, 6.07) is 5.56. The monoisotopic (exact) mass is 460 g/mol. The van der Waals surface area contributed by atoms with Gasteiger partial charge in [0.25, 0.3) is 0 Å². The molecule has 1 fully saturated rings. The molecule has 8 nitrogen and oxygen atoms in total. The SMILES string of the molecule is Cc1noc(C)c1CN(C)CC(=O)N1CCN(S(=O)(=O)c2ccc3c(c2)CCCC3)CC1. The molecule has 0 radical (unpaired) electrons. The highest BCUT2D eigenvalue weighted by atomic mass is 32.2. The van der Waals surface area contributed by atoms with E-state index in [1.807, 2.05) is 37.9 Å². The predicted octanol–water partition coefficient (Wildman–Crippen LogP) is 2.14. The minimum atomic E-state index is -3.54. The van der Waals surface area contributed by atoms with Gasteiger partial charge >= 0.3 is 0 Å². The van der Waals surface area contributed by atoms with Crippen molar-refractivity contribution in [2.24, 2.45) is 0 Å². The third kappa shape index (κ3) is 4.74. The second-order valence-electron chi connectivity index (χ2n) is 8.90. The lowest BCUT2D eigenvalue weighted by atomic mass is 9.92. The lowest BCUT2D eigenvalue weighted by Crippen LogP contribution is -2.52. The standard InChI is InChI=1S/C23H32N4O4S/c1-17-22(18(2)31-24-17)15-25(3)16-23(28)26-10-12-27(13-11-26)32(29,30)21-9-8-19-6-4-5-7-20(19)14-21/h8-9,14H,4-7,10-13,15-16H2,1-3H3. The quantitative estimate of drug-likeness (QED) is 0.656. The molecule has 1 amide bonds. The highest BCUT2D eigenvalue weighted by molar-refractivity contribution is 7.89. The van der Waals surface area contributed by atoms with Crippen molar-refractivity contribution in [3.05, 3.63) is 46.3 Å². The summed E-state index contributed by atoms with van der Waals surface area (Å²) < 4.78 is 33.0. The highest BCUT2D eigenvalue weighted by Crippen LogP contribution is 2.26. The first-order valence-corrected chi connectivity index (χ1v) is 12.7. The van der Waals surface area contributed by atoms with E-state index in [1.165, 1.54) is 16.3 Å². The third-order valence-electron chi connectivity index (χ3n) is 6.56. The van der Waals surface area contributed by atoms with Crippen molar-refractivity contribution in [3.8, 4) is 0 Å². The molecule has 2 aromatic rings. The van der Waals surface area contributed by atoms with Gasteiger partial charge in [0.1, 0.15) is 5.76 Å². The first kappa shape index (κ1) is 22.9. The van der Waals surface area contributed by atoms with E-state index in [1.54, 1.807) is 11.0 Å². The number of likely N-dealkylation sites (N-methyl/N-ethyl adjacent to an activating group) is 1. The van der Waals surface area contributed by atoms with Crippen LogP contribution in [0.3, 0.4) is 0 Å². The lowest BCUT2D eigenvalue weighted by Gasteiger charge is -2.35. The Kier molecular flexibility index (Phi) is 6.69. The number of hydrogen-bond donors (Lipinski definition) is 0. The Balaban J connectivity index is 1.33. The van der Waals surface area contributed by atoms with E-state index in [-0.39, 0.29) is 12.5 Å². The Morgan fingerprint density at radius 1 is 1.09 bits per heavy atom. The summed E-state index contributed by atoms with van der Waals surface area (Å²) >= 11 is 0. The number of carbonyl (C=O) groups is 1. The van der Waals surface area contributed by atoms with Crippen LogP contribution in [0.1, 0.15) is 41.0 Å². The van der Waals surface area contributed by atoms with Crippen LogP contribution in [0.4, 0.5) is 0 Å². The first-order chi connectivity index (χ1) is 15.3. The van der Waals surface area contributed by atoms with Crippen molar-refractivity contribution in [1.82, 2.24) is 19.3 Å². The molecule has 9 heteroatoms. The molecule has 1 aliphatic heterocycles. The summed E-state index contributed by atoms with van der Waals surface area (Å²) in [5.74, 6) is 0.771. The van der Waals surface area contributed by atoms with E-state index >= 15 is 0 Å². The largest absolute Gasteiger partial charge is 0.361 e. The predicted molar refractivity (Wildman–Crippen MR) is 121 cm³/mol. The normalized spacial score (nSPS) is 17.6. The minimum Gasteiger partial charge on any atom is -0.361 e. The van der Waals surface area contributed by atoms with Gasteiger partial charge in [-0.3, -0.25) is 9.69 Å². The van der Waals surface area contributed by atoms with Crippen molar-refractivity contribution in [3.63, 3.8) is 0 Å². The molecule has 0 bridgehead atoms. The van der Waals surface area contributed by atoms with Crippen LogP contribution in [0.2, 0.25) is 0 Å². The van der Waals surface area contributed by atoms with Gasteiger partial charge in [-0.2, -0.15) is 4.31 Å². The molecule has 1 aliphatic carbocycles. The van der Waals surface area contributed by atoms with Gasteiger partial charge in [-0.25, -0.2) is 8.42 Å². The topological polar surface area (TPSA) is 87.0 Å². The van der Waals surface area contributed by atoms with Crippen LogP contribution in [0.5, 0.6) is 0 Å². The Labute approximate surface area is 190 Å². The maximum atomic E-state index is 13.2.